The van der Waals surface area contributed by atoms with Crippen molar-refractivity contribution in [2.75, 3.05) is 26.2 Å². The molecule has 0 bridgehead atoms. The number of H-pyrrole nitrogens is 1. The second kappa shape index (κ2) is 6.00. The van der Waals surface area contributed by atoms with E-state index in [1.807, 2.05) is 11.9 Å². The van der Waals surface area contributed by atoms with Crippen LogP contribution in [0.5, 0.6) is 5.88 Å². The molecule has 106 valence electrons. The van der Waals surface area contributed by atoms with E-state index >= 15 is 0 Å². The fourth-order valence-corrected chi connectivity index (χ4v) is 1.68. The van der Waals surface area contributed by atoms with Crippen LogP contribution < -0.4 is 9.64 Å². The number of ether oxygens (including phenoxy) is 2. The number of rotatable bonds is 5. The van der Waals surface area contributed by atoms with Crippen LogP contribution in [-0.4, -0.2) is 47.4 Å². The summed E-state index contributed by atoms with van der Waals surface area (Å²) in [6.45, 7) is 0.508. The lowest BCUT2D eigenvalue weighted by Crippen LogP contribution is -2.19. The van der Waals surface area contributed by atoms with Crippen molar-refractivity contribution in [3.8, 4) is 5.88 Å². The van der Waals surface area contributed by atoms with E-state index in [-0.39, 0.29) is 11.4 Å². The molecule has 1 N–H and O–H groups in total. The van der Waals surface area contributed by atoms with E-state index < -0.39 is 5.97 Å². The molecule has 20 heavy (non-hydrogen) atoms. The van der Waals surface area contributed by atoms with Crippen LogP contribution in [0.15, 0.2) is 18.5 Å². The maximum atomic E-state index is 11.6. The SMILES string of the molecule is COC(=O)c1ccc(N(C)Cc2ncn[nH]2)nc1OC. The van der Waals surface area contributed by atoms with Crippen LogP contribution in [0.3, 0.4) is 0 Å². The summed E-state index contributed by atoms with van der Waals surface area (Å²) >= 11 is 0. The summed E-state index contributed by atoms with van der Waals surface area (Å²) in [6.07, 6.45) is 1.44. The molecule has 0 fully saturated rings. The van der Waals surface area contributed by atoms with Crippen molar-refractivity contribution < 1.29 is 14.3 Å². The lowest BCUT2D eigenvalue weighted by molar-refractivity contribution is 0.0596. The van der Waals surface area contributed by atoms with Crippen molar-refractivity contribution in [1.82, 2.24) is 20.2 Å². The molecule has 2 heterocycles. The molecule has 0 atom stereocenters. The number of aromatic amines is 1. The summed E-state index contributed by atoms with van der Waals surface area (Å²) in [5.41, 5.74) is 0.284. The lowest BCUT2D eigenvalue weighted by Gasteiger charge is -2.17. The van der Waals surface area contributed by atoms with Crippen LogP contribution in [-0.2, 0) is 11.3 Å². The Morgan fingerprint density at radius 2 is 2.20 bits per heavy atom. The number of methoxy groups -OCH3 is 2. The Hall–Kier alpha value is -2.64. The molecule has 8 nitrogen and oxygen atoms in total. The third-order valence-corrected chi connectivity index (χ3v) is 2.69. The van der Waals surface area contributed by atoms with E-state index in [1.54, 1.807) is 12.1 Å². The van der Waals surface area contributed by atoms with E-state index in [9.17, 15) is 4.79 Å². The number of hydrogen-bond donors (Lipinski definition) is 1. The summed E-state index contributed by atoms with van der Waals surface area (Å²) < 4.78 is 9.79. The summed E-state index contributed by atoms with van der Waals surface area (Å²) in [5.74, 6) is 1.09. The quantitative estimate of drug-likeness (QED) is 0.801. The maximum absolute atomic E-state index is 11.6. The first kappa shape index (κ1) is 13.8. The zero-order valence-electron chi connectivity index (χ0n) is 11.5. The molecule has 0 aliphatic rings. The van der Waals surface area contributed by atoms with Gasteiger partial charge in [0.05, 0.1) is 20.8 Å². The minimum atomic E-state index is -0.487. The molecule has 0 aromatic carbocycles. The minimum Gasteiger partial charge on any atom is -0.480 e. The fraction of sp³-hybridized carbons (Fsp3) is 0.333. The fourth-order valence-electron chi connectivity index (χ4n) is 1.68. The van der Waals surface area contributed by atoms with E-state index in [2.05, 4.69) is 24.9 Å². The highest BCUT2D eigenvalue weighted by Gasteiger charge is 2.16. The number of nitrogens with one attached hydrogen (secondary N) is 1. The third kappa shape index (κ3) is 2.85. The van der Waals surface area contributed by atoms with E-state index in [0.29, 0.717) is 18.2 Å². The van der Waals surface area contributed by atoms with Gasteiger partial charge in [-0.2, -0.15) is 10.1 Å². The van der Waals surface area contributed by atoms with Crippen LogP contribution >= 0.6 is 0 Å². The van der Waals surface area contributed by atoms with Gasteiger partial charge in [0.2, 0.25) is 5.88 Å². The van der Waals surface area contributed by atoms with Crippen molar-refractivity contribution in [2.45, 2.75) is 6.54 Å². The number of carbonyl (C=O) groups excluding carboxylic acids is 1. The molecule has 0 spiro atoms. The number of pyridine rings is 1. The van der Waals surface area contributed by atoms with Gasteiger partial charge in [0.25, 0.3) is 0 Å². The van der Waals surface area contributed by atoms with Crippen molar-refractivity contribution in [3.63, 3.8) is 0 Å². The van der Waals surface area contributed by atoms with Crippen molar-refractivity contribution in [1.29, 1.82) is 0 Å². The molecular formula is C12H15N5O3. The number of anilines is 1. The molecule has 0 unspecified atom stereocenters. The Balaban J connectivity index is 2.22. The van der Waals surface area contributed by atoms with Crippen LogP contribution in [0, 0.1) is 0 Å². The topological polar surface area (TPSA) is 93.2 Å². The average molecular weight is 277 g/mol. The second-order valence-corrected chi connectivity index (χ2v) is 4.01. The number of hydrogen-bond acceptors (Lipinski definition) is 7. The molecule has 0 radical (unpaired) electrons. The van der Waals surface area contributed by atoms with Crippen LogP contribution in [0.2, 0.25) is 0 Å². The maximum Gasteiger partial charge on any atom is 0.343 e. The number of nitrogens with zero attached hydrogens (tertiary/aromatic N) is 4. The monoisotopic (exact) mass is 277 g/mol. The van der Waals surface area contributed by atoms with Gasteiger partial charge >= 0.3 is 5.97 Å². The van der Waals surface area contributed by atoms with Crippen molar-refractivity contribution >= 4 is 11.8 Å². The molecule has 8 heteroatoms. The zero-order valence-corrected chi connectivity index (χ0v) is 11.5. The van der Waals surface area contributed by atoms with Crippen LogP contribution in [0.1, 0.15) is 16.2 Å². The second-order valence-electron chi connectivity index (χ2n) is 4.01. The summed E-state index contributed by atoms with van der Waals surface area (Å²) in [7, 11) is 4.61. The van der Waals surface area contributed by atoms with Crippen molar-refractivity contribution in [3.05, 3.63) is 29.8 Å². The Morgan fingerprint density at radius 3 is 2.80 bits per heavy atom. The van der Waals surface area contributed by atoms with Gasteiger partial charge in [0.1, 0.15) is 23.5 Å². The van der Waals surface area contributed by atoms with Gasteiger partial charge < -0.3 is 14.4 Å². The first-order valence-corrected chi connectivity index (χ1v) is 5.84. The van der Waals surface area contributed by atoms with Gasteiger partial charge in [0, 0.05) is 7.05 Å². The van der Waals surface area contributed by atoms with Crippen molar-refractivity contribution in [2.24, 2.45) is 0 Å². The molecule has 0 saturated heterocycles. The highest BCUT2D eigenvalue weighted by Crippen LogP contribution is 2.21. The largest absolute Gasteiger partial charge is 0.480 e. The molecule has 0 aliphatic carbocycles. The number of esters is 1. The lowest BCUT2D eigenvalue weighted by atomic mass is 10.2. The Morgan fingerprint density at radius 1 is 1.40 bits per heavy atom. The molecular weight excluding hydrogens is 262 g/mol. The number of carbonyl (C=O) groups is 1. The highest BCUT2D eigenvalue weighted by atomic mass is 16.5. The summed E-state index contributed by atoms with van der Waals surface area (Å²) in [5, 5.41) is 6.55. The third-order valence-electron chi connectivity index (χ3n) is 2.69. The molecule has 2 aromatic rings. The minimum absolute atomic E-state index is 0.221. The Labute approximate surface area is 115 Å². The van der Waals surface area contributed by atoms with Gasteiger partial charge in [-0.05, 0) is 12.1 Å². The normalized spacial score (nSPS) is 10.2. The standard InChI is InChI=1S/C12H15N5O3/c1-17(6-9-13-7-14-16-9)10-5-4-8(12(18)20-3)11(15-10)19-2/h4-5,7H,6H2,1-3H3,(H,13,14,16). The molecule has 0 saturated carbocycles. The van der Waals surface area contributed by atoms with Gasteiger partial charge in [-0.25, -0.2) is 9.78 Å². The smallest absolute Gasteiger partial charge is 0.343 e. The zero-order chi connectivity index (χ0) is 14.5. The molecule has 0 amide bonds. The predicted molar refractivity (Wildman–Crippen MR) is 70.6 cm³/mol. The average Bonchev–Trinajstić information content (AvgIpc) is 2.98. The Bertz CT molecular complexity index is 585. The summed E-state index contributed by atoms with van der Waals surface area (Å²) in [6, 6.07) is 3.33. The molecule has 2 rings (SSSR count). The van der Waals surface area contributed by atoms with Gasteiger partial charge in [-0.1, -0.05) is 0 Å². The first-order chi connectivity index (χ1) is 9.65. The predicted octanol–water partition coefficient (Wildman–Crippen LogP) is 0.631. The first-order valence-electron chi connectivity index (χ1n) is 5.84. The Kier molecular flexibility index (Phi) is 4.14. The molecule has 2 aromatic heterocycles. The van der Waals surface area contributed by atoms with Gasteiger partial charge in [0.15, 0.2) is 0 Å². The van der Waals surface area contributed by atoms with Crippen LogP contribution in [0.25, 0.3) is 0 Å². The van der Waals surface area contributed by atoms with Gasteiger partial charge in [-0.15, -0.1) is 0 Å². The van der Waals surface area contributed by atoms with Gasteiger partial charge in [-0.3, -0.25) is 5.10 Å². The van der Waals surface area contributed by atoms with E-state index in [0.717, 1.165) is 0 Å². The highest BCUT2D eigenvalue weighted by molar-refractivity contribution is 5.92. The molecule has 0 aliphatic heterocycles. The van der Waals surface area contributed by atoms with Crippen LogP contribution in [0.4, 0.5) is 5.82 Å². The van der Waals surface area contributed by atoms with E-state index in [4.69, 9.17) is 4.74 Å². The van der Waals surface area contributed by atoms with E-state index in [1.165, 1.54) is 20.5 Å². The number of aromatic nitrogens is 4. The summed E-state index contributed by atoms with van der Waals surface area (Å²) in [4.78, 5) is 21.7.